The van der Waals surface area contributed by atoms with Crippen molar-refractivity contribution in [3.05, 3.63) is 59.4 Å². The highest BCUT2D eigenvalue weighted by atomic mass is 14.9. The van der Waals surface area contributed by atoms with Gasteiger partial charge in [-0.2, -0.15) is 0 Å². The van der Waals surface area contributed by atoms with Gasteiger partial charge < -0.3 is 9.88 Å². The van der Waals surface area contributed by atoms with Crippen LogP contribution in [0, 0.1) is 0 Å². The van der Waals surface area contributed by atoms with Crippen LogP contribution < -0.4 is 5.32 Å². The van der Waals surface area contributed by atoms with Gasteiger partial charge in [-0.1, -0.05) is 51.5 Å². The molecule has 1 unspecified atom stereocenters. The molecule has 1 aromatic carbocycles. The first-order valence-corrected chi connectivity index (χ1v) is 8.05. The molecule has 2 aromatic rings. The summed E-state index contributed by atoms with van der Waals surface area (Å²) < 4.78 is 2.28. The minimum absolute atomic E-state index is 0.472. The Hall–Kier alpha value is -1.54. The smallest absolute Gasteiger partial charge is 0.0470 e. The van der Waals surface area contributed by atoms with E-state index in [1.807, 2.05) is 7.05 Å². The molecule has 1 aromatic heterocycles. The summed E-state index contributed by atoms with van der Waals surface area (Å²) in [6, 6.07) is 11.7. The molecule has 0 aliphatic carbocycles. The number of rotatable bonds is 7. The highest BCUT2D eigenvalue weighted by Gasteiger charge is 2.09. The van der Waals surface area contributed by atoms with Gasteiger partial charge in [0.2, 0.25) is 0 Å². The van der Waals surface area contributed by atoms with Crippen LogP contribution in [0.5, 0.6) is 0 Å². The van der Waals surface area contributed by atoms with Gasteiger partial charge >= 0.3 is 0 Å². The molecule has 21 heavy (non-hydrogen) atoms. The Bertz CT molecular complexity index is 537. The normalized spacial score (nSPS) is 12.8. The molecule has 0 bridgehead atoms. The molecule has 1 atom stereocenters. The van der Waals surface area contributed by atoms with Crippen molar-refractivity contribution in [3.63, 3.8) is 0 Å². The zero-order valence-corrected chi connectivity index (χ0v) is 13.8. The Morgan fingerprint density at radius 1 is 1.05 bits per heavy atom. The van der Waals surface area contributed by atoms with Gasteiger partial charge in [-0.05, 0) is 42.1 Å². The Morgan fingerprint density at radius 3 is 2.33 bits per heavy atom. The van der Waals surface area contributed by atoms with Crippen molar-refractivity contribution in [2.75, 3.05) is 7.05 Å². The summed E-state index contributed by atoms with van der Waals surface area (Å²) in [4.78, 5) is 0. The second kappa shape index (κ2) is 7.46. The summed E-state index contributed by atoms with van der Waals surface area (Å²) in [5, 5.41) is 3.40. The van der Waals surface area contributed by atoms with Gasteiger partial charge in [0.1, 0.15) is 0 Å². The third-order valence-electron chi connectivity index (χ3n) is 4.11. The van der Waals surface area contributed by atoms with Gasteiger partial charge in [-0.15, -0.1) is 0 Å². The predicted molar refractivity (Wildman–Crippen MR) is 90.8 cm³/mol. The Morgan fingerprint density at radius 2 is 1.76 bits per heavy atom. The molecule has 2 nitrogen and oxygen atoms in total. The van der Waals surface area contributed by atoms with Gasteiger partial charge in [0.15, 0.2) is 0 Å². The quantitative estimate of drug-likeness (QED) is 0.778. The molecule has 2 heteroatoms. The van der Waals surface area contributed by atoms with Crippen LogP contribution >= 0.6 is 0 Å². The summed E-state index contributed by atoms with van der Waals surface area (Å²) in [6.45, 7) is 7.65. The molecular weight excluding hydrogens is 256 g/mol. The zero-order chi connectivity index (χ0) is 15.2. The molecule has 0 radical (unpaired) electrons. The lowest BCUT2D eigenvalue weighted by Crippen LogP contribution is -2.15. The van der Waals surface area contributed by atoms with Gasteiger partial charge in [0, 0.05) is 25.0 Å². The fraction of sp³-hybridized carbons (Fsp3) is 0.474. The van der Waals surface area contributed by atoms with Crippen molar-refractivity contribution in [2.45, 2.75) is 52.1 Å². The van der Waals surface area contributed by atoms with E-state index in [2.05, 4.69) is 73.4 Å². The molecule has 0 amide bonds. The highest BCUT2D eigenvalue weighted by molar-refractivity contribution is 5.25. The Labute approximate surface area is 129 Å². The van der Waals surface area contributed by atoms with Crippen LogP contribution in [-0.4, -0.2) is 11.6 Å². The molecule has 0 saturated carbocycles. The molecule has 1 heterocycles. The second-order valence-electron chi connectivity index (χ2n) is 6.14. The zero-order valence-electron chi connectivity index (χ0n) is 13.8. The van der Waals surface area contributed by atoms with Crippen molar-refractivity contribution >= 4 is 0 Å². The van der Waals surface area contributed by atoms with E-state index in [0.717, 1.165) is 6.54 Å². The maximum Gasteiger partial charge on any atom is 0.0470 e. The SMILES string of the molecule is CCCC(NC)c1ccn(Cc2ccc(C(C)C)cc2)c1. The lowest BCUT2D eigenvalue weighted by Gasteiger charge is -2.13. The summed E-state index contributed by atoms with van der Waals surface area (Å²) in [7, 11) is 2.04. The maximum atomic E-state index is 3.40. The van der Waals surface area contributed by atoms with Crippen LogP contribution in [0.15, 0.2) is 42.7 Å². The molecular formula is C19H28N2. The van der Waals surface area contributed by atoms with Crippen LogP contribution in [0.1, 0.15) is 62.3 Å². The summed E-state index contributed by atoms with van der Waals surface area (Å²) >= 11 is 0. The topological polar surface area (TPSA) is 17.0 Å². The standard InChI is InChI=1S/C19H28N2/c1-5-6-19(20-4)18-11-12-21(14-18)13-16-7-9-17(10-8-16)15(2)3/h7-12,14-15,19-20H,5-6,13H2,1-4H3. The molecule has 0 spiro atoms. The lowest BCUT2D eigenvalue weighted by molar-refractivity contribution is 0.540. The predicted octanol–water partition coefficient (Wildman–Crippen LogP) is 4.72. The van der Waals surface area contributed by atoms with Crippen LogP contribution in [0.4, 0.5) is 0 Å². The van der Waals surface area contributed by atoms with E-state index in [0.29, 0.717) is 12.0 Å². The number of aromatic nitrogens is 1. The minimum Gasteiger partial charge on any atom is -0.350 e. The number of hydrogen-bond acceptors (Lipinski definition) is 1. The largest absolute Gasteiger partial charge is 0.350 e. The first-order chi connectivity index (χ1) is 10.1. The Kier molecular flexibility index (Phi) is 5.63. The first kappa shape index (κ1) is 15.8. The first-order valence-electron chi connectivity index (χ1n) is 8.05. The van der Waals surface area contributed by atoms with Gasteiger partial charge in [-0.25, -0.2) is 0 Å². The van der Waals surface area contributed by atoms with E-state index < -0.39 is 0 Å². The number of nitrogens with one attached hydrogen (secondary N) is 1. The molecule has 0 fully saturated rings. The van der Waals surface area contributed by atoms with Crippen LogP contribution in [-0.2, 0) is 6.54 Å². The highest BCUT2D eigenvalue weighted by Crippen LogP contribution is 2.19. The number of nitrogens with zero attached hydrogens (tertiary/aromatic N) is 1. The van der Waals surface area contributed by atoms with Crippen LogP contribution in [0.2, 0.25) is 0 Å². The number of benzene rings is 1. The molecule has 1 N–H and O–H groups in total. The number of hydrogen-bond donors (Lipinski definition) is 1. The van der Waals surface area contributed by atoms with E-state index >= 15 is 0 Å². The molecule has 0 aliphatic rings. The van der Waals surface area contributed by atoms with Gasteiger partial charge in [0.25, 0.3) is 0 Å². The monoisotopic (exact) mass is 284 g/mol. The van der Waals surface area contributed by atoms with Crippen molar-refractivity contribution in [3.8, 4) is 0 Å². The Balaban J connectivity index is 2.04. The van der Waals surface area contributed by atoms with E-state index in [1.165, 1.54) is 29.5 Å². The molecule has 114 valence electrons. The van der Waals surface area contributed by atoms with Crippen molar-refractivity contribution in [1.29, 1.82) is 0 Å². The fourth-order valence-corrected chi connectivity index (χ4v) is 2.75. The van der Waals surface area contributed by atoms with Gasteiger partial charge in [-0.3, -0.25) is 0 Å². The van der Waals surface area contributed by atoms with Crippen molar-refractivity contribution in [2.24, 2.45) is 0 Å². The summed E-state index contributed by atoms with van der Waals surface area (Å²) in [6.07, 6.45) is 6.84. The average molecular weight is 284 g/mol. The average Bonchev–Trinajstić information content (AvgIpc) is 2.93. The van der Waals surface area contributed by atoms with Crippen LogP contribution in [0.3, 0.4) is 0 Å². The van der Waals surface area contributed by atoms with E-state index in [1.54, 1.807) is 0 Å². The summed E-state index contributed by atoms with van der Waals surface area (Å²) in [5.74, 6) is 0.600. The minimum atomic E-state index is 0.472. The third kappa shape index (κ3) is 4.21. The van der Waals surface area contributed by atoms with Crippen molar-refractivity contribution < 1.29 is 0 Å². The van der Waals surface area contributed by atoms with Crippen molar-refractivity contribution in [1.82, 2.24) is 9.88 Å². The molecule has 0 saturated heterocycles. The summed E-state index contributed by atoms with van der Waals surface area (Å²) in [5.41, 5.74) is 4.15. The fourth-order valence-electron chi connectivity index (χ4n) is 2.75. The van der Waals surface area contributed by atoms with Crippen LogP contribution in [0.25, 0.3) is 0 Å². The van der Waals surface area contributed by atoms with Gasteiger partial charge in [0.05, 0.1) is 0 Å². The third-order valence-corrected chi connectivity index (χ3v) is 4.11. The second-order valence-corrected chi connectivity index (χ2v) is 6.14. The molecule has 0 aliphatic heterocycles. The van der Waals surface area contributed by atoms with E-state index in [4.69, 9.17) is 0 Å². The van der Waals surface area contributed by atoms with E-state index in [-0.39, 0.29) is 0 Å². The lowest BCUT2D eigenvalue weighted by atomic mass is 10.0. The molecule has 2 rings (SSSR count). The maximum absolute atomic E-state index is 3.40. The van der Waals surface area contributed by atoms with E-state index in [9.17, 15) is 0 Å².